The molecule has 18 heavy (non-hydrogen) atoms. The molecular weight excluding hydrogens is 228 g/mol. The molecule has 1 aromatic carbocycles. The second-order valence-electron chi connectivity index (χ2n) is 4.29. The molecule has 0 heterocycles. The molecule has 0 fully saturated rings. The maximum absolute atomic E-state index is 11.5. The molecule has 0 aliphatic carbocycles. The van der Waals surface area contributed by atoms with E-state index in [1.54, 1.807) is 7.11 Å². The molecular formula is C14H22N2O2. The summed E-state index contributed by atoms with van der Waals surface area (Å²) >= 11 is 0. The van der Waals surface area contributed by atoms with Gasteiger partial charge in [0.15, 0.2) is 0 Å². The summed E-state index contributed by atoms with van der Waals surface area (Å²) in [6.45, 7) is 3.44. The van der Waals surface area contributed by atoms with Gasteiger partial charge in [0.05, 0.1) is 7.11 Å². The van der Waals surface area contributed by atoms with Gasteiger partial charge >= 0.3 is 0 Å². The lowest BCUT2D eigenvalue weighted by Crippen LogP contribution is -2.23. The molecule has 2 N–H and O–H groups in total. The maximum atomic E-state index is 11.5. The van der Waals surface area contributed by atoms with Gasteiger partial charge in [0.25, 0.3) is 0 Å². The van der Waals surface area contributed by atoms with Crippen LogP contribution in [0.5, 0.6) is 5.75 Å². The number of nitrogens with one attached hydrogen (secondary N) is 2. The maximum Gasteiger partial charge on any atom is 0.220 e. The number of rotatable bonds is 7. The van der Waals surface area contributed by atoms with Gasteiger partial charge in [-0.05, 0) is 44.1 Å². The smallest absolute Gasteiger partial charge is 0.220 e. The van der Waals surface area contributed by atoms with E-state index in [-0.39, 0.29) is 5.91 Å². The molecule has 0 aliphatic heterocycles. The number of carbonyl (C=O) groups is 1. The zero-order chi connectivity index (χ0) is 13.4. The number of benzene rings is 1. The molecule has 0 unspecified atom stereocenters. The van der Waals surface area contributed by atoms with E-state index in [0.717, 1.165) is 29.8 Å². The summed E-state index contributed by atoms with van der Waals surface area (Å²) in [4.78, 5) is 11.5. The Morgan fingerprint density at radius 1 is 1.39 bits per heavy atom. The van der Waals surface area contributed by atoms with Crippen molar-refractivity contribution in [2.45, 2.75) is 26.3 Å². The third-order valence-electron chi connectivity index (χ3n) is 2.78. The molecule has 0 radical (unpaired) electrons. The minimum atomic E-state index is 0.0960. The Hall–Kier alpha value is -1.55. The van der Waals surface area contributed by atoms with Crippen LogP contribution in [0.2, 0.25) is 0 Å². The van der Waals surface area contributed by atoms with Crippen LogP contribution in [0.25, 0.3) is 0 Å². The summed E-state index contributed by atoms with van der Waals surface area (Å²) in [5.41, 5.74) is 2.18. The highest BCUT2D eigenvalue weighted by Crippen LogP contribution is 2.18. The van der Waals surface area contributed by atoms with Crippen molar-refractivity contribution in [1.82, 2.24) is 10.6 Å². The van der Waals surface area contributed by atoms with Crippen molar-refractivity contribution in [3.63, 3.8) is 0 Å². The summed E-state index contributed by atoms with van der Waals surface area (Å²) in [5, 5.41) is 5.94. The third kappa shape index (κ3) is 4.75. The normalized spacial score (nSPS) is 10.2. The summed E-state index contributed by atoms with van der Waals surface area (Å²) < 4.78 is 5.20. The molecule has 0 aromatic heterocycles. The van der Waals surface area contributed by atoms with Gasteiger partial charge in [-0.3, -0.25) is 4.79 Å². The van der Waals surface area contributed by atoms with Crippen LogP contribution in [-0.4, -0.2) is 26.6 Å². The predicted octanol–water partition coefficient (Wildman–Crippen LogP) is 1.62. The topological polar surface area (TPSA) is 50.4 Å². The fraction of sp³-hybridized carbons (Fsp3) is 0.500. The monoisotopic (exact) mass is 250 g/mol. The van der Waals surface area contributed by atoms with Crippen molar-refractivity contribution < 1.29 is 9.53 Å². The molecule has 0 aliphatic rings. The van der Waals surface area contributed by atoms with Gasteiger partial charge in [-0.2, -0.15) is 0 Å². The second-order valence-corrected chi connectivity index (χ2v) is 4.29. The zero-order valence-electron chi connectivity index (χ0n) is 11.4. The first kappa shape index (κ1) is 14.5. The number of aryl methyl sites for hydroxylation is 1. The van der Waals surface area contributed by atoms with Gasteiger partial charge in [-0.25, -0.2) is 0 Å². The van der Waals surface area contributed by atoms with E-state index in [0.29, 0.717) is 13.0 Å². The largest absolute Gasteiger partial charge is 0.496 e. The van der Waals surface area contributed by atoms with Crippen LogP contribution >= 0.6 is 0 Å². The highest BCUT2D eigenvalue weighted by Gasteiger charge is 2.03. The molecule has 1 aromatic rings. The van der Waals surface area contributed by atoms with E-state index in [1.807, 2.05) is 32.2 Å². The van der Waals surface area contributed by atoms with Gasteiger partial charge in [-0.15, -0.1) is 0 Å². The highest BCUT2D eigenvalue weighted by molar-refractivity contribution is 5.75. The highest BCUT2D eigenvalue weighted by atomic mass is 16.5. The second kappa shape index (κ2) is 7.71. The zero-order valence-corrected chi connectivity index (χ0v) is 11.4. The van der Waals surface area contributed by atoms with Crippen LogP contribution < -0.4 is 15.4 Å². The van der Waals surface area contributed by atoms with E-state index in [4.69, 9.17) is 4.74 Å². The lowest BCUT2D eigenvalue weighted by atomic mass is 10.1. The van der Waals surface area contributed by atoms with E-state index < -0.39 is 0 Å². The van der Waals surface area contributed by atoms with Crippen LogP contribution in [0, 0.1) is 6.92 Å². The SMILES string of the molecule is CNCCCC(=O)NCc1ccc(OC)c(C)c1. The number of methoxy groups -OCH3 is 1. The van der Waals surface area contributed by atoms with Crippen molar-refractivity contribution in [3.8, 4) is 5.75 Å². The molecule has 4 nitrogen and oxygen atoms in total. The van der Waals surface area contributed by atoms with Crippen molar-refractivity contribution in [3.05, 3.63) is 29.3 Å². The van der Waals surface area contributed by atoms with Crippen molar-refractivity contribution in [2.24, 2.45) is 0 Å². The van der Waals surface area contributed by atoms with Gasteiger partial charge in [0, 0.05) is 13.0 Å². The van der Waals surface area contributed by atoms with E-state index in [9.17, 15) is 4.79 Å². The Kier molecular flexibility index (Phi) is 6.22. The Morgan fingerprint density at radius 3 is 2.78 bits per heavy atom. The van der Waals surface area contributed by atoms with Crippen LogP contribution in [0.3, 0.4) is 0 Å². The number of ether oxygens (including phenoxy) is 1. The molecule has 4 heteroatoms. The number of hydrogen-bond acceptors (Lipinski definition) is 3. The fourth-order valence-electron chi connectivity index (χ4n) is 1.77. The van der Waals surface area contributed by atoms with Gasteiger partial charge in [0.2, 0.25) is 5.91 Å². The van der Waals surface area contributed by atoms with E-state index in [1.165, 1.54) is 0 Å². The lowest BCUT2D eigenvalue weighted by molar-refractivity contribution is -0.121. The minimum Gasteiger partial charge on any atom is -0.496 e. The average Bonchev–Trinajstić information content (AvgIpc) is 2.37. The standard InChI is InChI=1S/C14H22N2O2/c1-11-9-12(6-7-13(11)18-3)10-16-14(17)5-4-8-15-2/h6-7,9,15H,4-5,8,10H2,1-3H3,(H,16,17). The summed E-state index contributed by atoms with van der Waals surface area (Å²) in [5.74, 6) is 0.970. The van der Waals surface area contributed by atoms with Crippen LogP contribution in [0.15, 0.2) is 18.2 Å². The number of hydrogen-bond donors (Lipinski definition) is 2. The van der Waals surface area contributed by atoms with Gasteiger partial charge in [0.1, 0.15) is 5.75 Å². The molecule has 0 atom stereocenters. The number of amides is 1. The fourth-order valence-corrected chi connectivity index (χ4v) is 1.77. The first-order valence-electron chi connectivity index (χ1n) is 6.22. The van der Waals surface area contributed by atoms with Gasteiger partial charge < -0.3 is 15.4 Å². The minimum absolute atomic E-state index is 0.0960. The molecule has 100 valence electrons. The van der Waals surface area contributed by atoms with Crippen LogP contribution in [0.4, 0.5) is 0 Å². The Balaban J connectivity index is 2.39. The molecule has 0 bridgehead atoms. The Morgan fingerprint density at radius 2 is 2.17 bits per heavy atom. The Bertz CT molecular complexity index is 391. The molecule has 1 rings (SSSR count). The van der Waals surface area contributed by atoms with Crippen molar-refractivity contribution >= 4 is 5.91 Å². The summed E-state index contributed by atoms with van der Waals surface area (Å²) in [6, 6.07) is 5.93. The van der Waals surface area contributed by atoms with E-state index >= 15 is 0 Å². The predicted molar refractivity (Wildman–Crippen MR) is 72.7 cm³/mol. The number of carbonyl (C=O) groups excluding carboxylic acids is 1. The first-order valence-corrected chi connectivity index (χ1v) is 6.22. The Labute approximate surface area is 109 Å². The summed E-state index contributed by atoms with van der Waals surface area (Å²) in [7, 11) is 3.55. The van der Waals surface area contributed by atoms with Crippen LogP contribution in [-0.2, 0) is 11.3 Å². The van der Waals surface area contributed by atoms with E-state index in [2.05, 4.69) is 10.6 Å². The molecule has 0 spiro atoms. The average molecular weight is 250 g/mol. The quantitative estimate of drug-likeness (QED) is 0.723. The third-order valence-corrected chi connectivity index (χ3v) is 2.78. The van der Waals surface area contributed by atoms with Crippen LogP contribution in [0.1, 0.15) is 24.0 Å². The molecule has 0 saturated carbocycles. The van der Waals surface area contributed by atoms with Gasteiger partial charge in [-0.1, -0.05) is 12.1 Å². The first-order chi connectivity index (χ1) is 8.67. The molecule has 0 saturated heterocycles. The van der Waals surface area contributed by atoms with Crippen molar-refractivity contribution in [2.75, 3.05) is 20.7 Å². The molecule has 1 amide bonds. The lowest BCUT2D eigenvalue weighted by Gasteiger charge is -2.08. The summed E-state index contributed by atoms with van der Waals surface area (Å²) in [6.07, 6.45) is 1.43. The van der Waals surface area contributed by atoms with Crippen molar-refractivity contribution in [1.29, 1.82) is 0 Å².